The minimum Gasteiger partial charge on any atom is -0.489 e. The standard InChI is InChI=1S/C26H25N3O3S/c1-2-31-26(30)13-24(29-11-10-25-19(16-29)14-28-33-25)22-15-27-23-12-20(8-9-21(22)23)32-17-18-6-4-3-5-7-18/h3-12,14-15,24,27H,2,13,16-17H2,1H3. The Labute approximate surface area is 196 Å². The van der Waals surface area contributed by atoms with Gasteiger partial charge in [-0.3, -0.25) is 4.79 Å². The van der Waals surface area contributed by atoms with Gasteiger partial charge in [0.15, 0.2) is 0 Å². The zero-order chi connectivity index (χ0) is 22.6. The molecule has 1 atom stereocenters. The molecule has 0 saturated heterocycles. The lowest BCUT2D eigenvalue weighted by Crippen LogP contribution is -2.27. The lowest BCUT2D eigenvalue weighted by atomic mass is 9.99. The van der Waals surface area contributed by atoms with Crippen LogP contribution in [-0.4, -0.2) is 26.8 Å². The van der Waals surface area contributed by atoms with Crippen molar-refractivity contribution in [3.63, 3.8) is 0 Å². The van der Waals surface area contributed by atoms with E-state index in [2.05, 4.69) is 32.6 Å². The van der Waals surface area contributed by atoms with Crippen LogP contribution in [0.25, 0.3) is 17.0 Å². The SMILES string of the molecule is CCOC(=O)CC(c1c[nH]c2cc(OCc3ccccc3)ccc12)N1C=Cc2sncc2C1. The number of H-pyrrole nitrogens is 1. The number of aromatic nitrogens is 2. The van der Waals surface area contributed by atoms with Crippen molar-refractivity contribution in [3.8, 4) is 5.75 Å². The van der Waals surface area contributed by atoms with E-state index in [1.165, 1.54) is 22.0 Å². The van der Waals surface area contributed by atoms with Gasteiger partial charge in [-0.1, -0.05) is 30.3 Å². The van der Waals surface area contributed by atoms with Crippen molar-refractivity contribution < 1.29 is 14.3 Å². The summed E-state index contributed by atoms with van der Waals surface area (Å²) in [5, 5.41) is 1.07. The van der Waals surface area contributed by atoms with Crippen LogP contribution in [0.15, 0.2) is 67.1 Å². The minimum atomic E-state index is -0.206. The van der Waals surface area contributed by atoms with Crippen molar-refractivity contribution >= 4 is 34.5 Å². The third-order valence-corrected chi connectivity index (χ3v) is 6.61. The molecular formula is C26H25N3O3S. The average Bonchev–Trinajstić information content (AvgIpc) is 3.48. The van der Waals surface area contributed by atoms with Crippen LogP contribution in [0.1, 0.15) is 41.0 Å². The Morgan fingerprint density at radius 3 is 2.97 bits per heavy atom. The molecule has 2 aromatic heterocycles. The van der Waals surface area contributed by atoms with E-state index >= 15 is 0 Å². The first-order valence-electron chi connectivity index (χ1n) is 11.0. The van der Waals surface area contributed by atoms with Crippen molar-refractivity contribution in [1.82, 2.24) is 14.3 Å². The Hall–Kier alpha value is -3.58. The van der Waals surface area contributed by atoms with Crippen molar-refractivity contribution in [2.24, 2.45) is 0 Å². The van der Waals surface area contributed by atoms with Gasteiger partial charge in [0.25, 0.3) is 0 Å². The van der Waals surface area contributed by atoms with E-state index in [0.717, 1.165) is 27.8 Å². The van der Waals surface area contributed by atoms with Crippen LogP contribution in [0.5, 0.6) is 5.75 Å². The van der Waals surface area contributed by atoms with E-state index in [9.17, 15) is 4.79 Å². The van der Waals surface area contributed by atoms with E-state index in [1.54, 1.807) is 0 Å². The summed E-state index contributed by atoms with van der Waals surface area (Å²) in [6, 6.07) is 16.0. The lowest BCUT2D eigenvalue weighted by Gasteiger charge is -2.32. The highest BCUT2D eigenvalue weighted by Gasteiger charge is 2.27. The Morgan fingerprint density at radius 2 is 2.12 bits per heavy atom. The minimum absolute atomic E-state index is 0.154. The summed E-state index contributed by atoms with van der Waals surface area (Å²) in [5.41, 5.74) is 4.33. The van der Waals surface area contributed by atoms with Crippen LogP contribution in [0.2, 0.25) is 0 Å². The quantitative estimate of drug-likeness (QED) is 0.343. The van der Waals surface area contributed by atoms with Crippen molar-refractivity contribution in [1.29, 1.82) is 0 Å². The van der Waals surface area contributed by atoms with Crippen LogP contribution in [0.4, 0.5) is 0 Å². The van der Waals surface area contributed by atoms with Gasteiger partial charge >= 0.3 is 5.97 Å². The first-order valence-corrected chi connectivity index (χ1v) is 11.8. The number of ether oxygens (including phenoxy) is 2. The topological polar surface area (TPSA) is 67.5 Å². The first-order chi connectivity index (χ1) is 16.2. The van der Waals surface area contributed by atoms with Crippen LogP contribution < -0.4 is 4.74 Å². The summed E-state index contributed by atoms with van der Waals surface area (Å²) < 4.78 is 15.6. The summed E-state index contributed by atoms with van der Waals surface area (Å²) in [6.07, 6.45) is 8.29. The maximum atomic E-state index is 12.5. The molecule has 6 nitrogen and oxygen atoms in total. The van der Waals surface area contributed by atoms with Gasteiger partial charge in [0.1, 0.15) is 12.4 Å². The molecule has 33 heavy (non-hydrogen) atoms. The highest BCUT2D eigenvalue weighted by atomic mass is 32.1. The van der Waals surface area contributed by atoms with E-state index in [1.807, 2.05) is 61.8 Å². The number of benzene rings is 2. The van der Waals surface area contributed by atoms with Crippen molar-refractivity contribution in [3.05, 3.63) is 88.7 Å². The second kappa shape index (κ2) is 9.50. The molecule has 0 bridgehead atoms. The molecule has 2 aromatic carbocycles. The maximum absolute atomic E-state index is 12.5. The zero-order valence-electron chi connectivity index (χ0n) is 18.4. The van der Waals surface area contributed by atoms with Gasteiger partial charge in [0, 0.05) is 53.2 Å². The Balaban J connectivity index is 1.41. The number of aromatic amines is 1. The molecular weight excluding hydrogens is 434 g/mol. The molecule has 5 rings (SSSR count). The number of hydrogen-bond donors (Lipinski definition) is 1. The molecule has 0 aliphatic carbocycles. The number of rotatable bonds is 8. The van der Waals surface area contributed by atoms with Gasteiger partial charge in [0.05, 0.1) is 23.9 Å². The summed E-state index contributed by atoms with van der Waals surface area (Å²) in [4.78, 5) is 19.2. The molecule has 0 fully saturated rings. The van der Waals surface area contributed by atoms with Gasteiger partial charge in [-0.2, -0.15) is 0 Å². The number of carbonyl (C=O) groups excluding carboxylic acids is 1. The van der Waals surface area contributed by atoms with E-state index in [4.69, 9.17) is 9.47 Å². The van der Waals surface area contributed by atoms with E-state index < -0.39 is 0 Å². The largest absolute Gasteiger partial charge is 0.489 e. The molecule has 0 amide bonds. The Morgan fingerprint density at radius 1 is 1.24 bits per heavy atom. The fourth-order valence-corrected chi connectivity index (χ4v) is 4.82. The predicted molar refractivity (Wildman–Crippen MR) is 130 cm³/mol. The average molecular weight is 460 g/mol. The number of nitrogens with zero attached hydrogens (tertiary/aromatic N) is 2. The molecule has 1 aliphatic rings. The van der Waals surface area contributed by atoms with E-state index in [0.29, 0.717) is 19.8 Å². The second-order valence-electron chi connectivity index (χ2n) is 7.95. The zero-order valence-corrected chi connectivity index (χ0v) is 19.2. The molecule has 168 valence electrons. The number of carbonyl (C=O) groups is 1. The molecule has 0 radical (unpaired) electrons. The molecule has 1 aliphatic heterocycles. The normalized spacial score (nSPS) is 13.7. The smallest absolute Gasteiger partial charge is 0.308 e. The molecule has 7 heteroatoms. The highest BCUT2D eigenvalue weighted by Crippen LogP contribution is 2.36. The molecule has 0 saturated carbocycles. The number of hydrogen-bond acceptors (Lipinski definition) is 6. The van der Waals surface area contributed by atoms with Crippen molar-refractivity contribution in [2.45, 2.75) is 32.5 Å². The number of fused-ring (bicyclic) bond motifs is 2. The highest BCUT2D eigenvalue weighted by molar-refractivity contribution is 7.06. The number of esters is 1. The third kappa shape index (κ3) is 4.64. The van der Waals surface area contributed by atoms with Gasteiger partial charge < -0.3 is 19.4 Å². The second-order valence-corrected chi connectivity index (χ2v) is 8.79. The van der Waals surface area contributed by atoms with Gasteiger partial charge in [0.2, 0.25) is 0 Å². The monoisotopic (exact) mass is 459 g/mol. The van der Waals surface area contributed by atoms with Crippen LogP contribution in [-0.2, 0) is 22.7 Å². The predicted octanol–water partition coefficient (Wildman–Crippen LogP) is 5.68. The van der Waals surface area contributed by atoms with Gasteiger partial charge in [-0.15, -0.1) is 0 Å². The van der Waals surface area contributed by atoms with Crippen molar-refractivity contribution in [2.75, 3.05) is 6.61 Å². The van der Waals surface area contributed by atoms with Crippen LogP contribution in [0, 0.1) is 0 Å². The summed E-state index contributed by atoms with van der Waals surface area (Å²) in [6.45, 7) is 3.42. The molecule has 1 unspecified atom stereocenters. The molecule has 4 aromatic rings. The summed E-state index contributed by atoms with van der Waals surface area (Å²) >= 11 is 1.49. The third-order valence-electron chi connectivity index (χ3n) is 5.80. The molecule has 1 N–H and O–H groups in total. The Kier molecular flexibility index (Phi) is 6.13. The van der Waals surface area contributed by atoms with Gasteiger partial charge in [-0.05, 0) is 42.2 Å². The first kappa shape index (κ1) is 21.3. The van der Waals surface area contributed by atoms with Gasteiger partial charge in [-0.25, -0.2) is 4.37 Å². The Bertz CT molecular complexity index is 1280. The van der Waals surface area contributed by atoms with Crippen LogP contribution in [0.3, 0.4) is 0 Å². The summed E-state index contributed by atoms with van der Waals surface area (Å²) in [5.74, 6) is 0.593. The van der Waals surface area contributed by atoms with E-state index in [-0.39, 0.29) is 18.4 Å². The van der Waals surface area contributed by atoms with Crippen LogP contribution >= 0.6 is 11.5 Å². The fraction of sp³-hybridized carbons (Fsp3) is 0.231. The lowest BCUT2D eigenvalue weighted by molar-refractivity contribution is -0.144. The number of nitrogens with one attached hydrogen (secondary N) is 1. The summed E-state index contributed by atoms with van der Waals surface area (Å²) in [7, 11) is 0. The molecule has 0 spiro atoms. The maximum Gasteiger partial charge on any atom is 0.308 e. The fourth-order valence-electron chi connectivity index (χ4n) is 4.17. The molecule has 3 heterocycles.